The van der Waals surface area contributed by atoms with Gasteiger partial charge < -0.3 is 5.32 Å². The fourth-order valence-corrected chi connectivity index (χ4v) is 3.69. The average Bonchev–Trinajstić information content (AvgIpc) is 2.66. The van der Waals surface area contributed by atoms with Crippen molar-refractivity contribution >= 4 is 15.5 Å². The molecule has 5 nitrogen and oxygen atoms in total. The van der Waals surface area contributed by atoms with Gasteiger partial charge in [-0.1, -0.05) is 0 Å². The summed E-state index contributed by atoms with van der Waals surface area (Å²) in [6.45, 7) is 0.400. The zero-order valence-corrected chi connectivity index (χ0v) is 10.1. The van der Waals surface area contributed by atoms with E-state index in [0.29, 0.717) is 24.4 Å². The van der Waals surface area contributed by atoms with Gasteiger partial charge in [0.15, 0.2) is 9.84 Å². The number of anilines is 1. The first-order chi connectivity index (χ1) is 8.12. The first kappa shape index (κ1) is 11.9. The Balaban J connectivity index is 2.01. The van der Waals surface area contributed by atoms with E-state index in [-0.39, 0.29) is 5.25 Å². The Morgan fingerprint density at radius 1 is 1.59 bits per heavy atom. The van der Waals surface area contributed by atoms with Gasteiger partial charge >= 0.3 is 0 Å². The quantitative estimate of drug-likeness (QED) is 0.864. The van der Waals surface area contributed by atoms with Crippen molar-refractivity contribution in [3.63, 3.8) is 0 Å². The van der Waals surface area contributed by atoms with Crippen molar-refractivity contribution in [2.24, 2.45) is 0 Å². The minimum Gasteiger partial charge on any atom is -0.384 e. The summed E-state index contributed by atoms with van der Waals surface area (Å²) in [5.74, 6) is 0.291. The molecular weight excluding hydrogens is 238 g/mol. The second kappa shape index (κ2) is 4.72. The molecule has 1 aliphatic heterocycles. The number of hydrogen-bond donors (Lipinski definition) is 1. The molecule has 0 radical (unpaired) electrons. The maximum Gasteiger partial charge on any atom is 0.154 e. The van der Waals surface area contributed by atoms with Crippen molar-refractivity contribution in [2.75, 3.05) is 17.6 Å². The van der Waals surface area contributed by atoms with E-state index in [2.05, 4.69) is 10.3 Å². The summed E-state index contributed by atoms with van der Waals surface area (Å²) in [6.07, 6.45) is 2.99. The topological polar surface area (TPSA) is 82.9 Å². The summed E-state index contributed by atoms with van der Waals surface area (Å²) in [7, 11) is -2.92. The molecule has 17 heavy (non-hydrogen) atoms. The van der Waals surface area contributed by atoms with E-state index >= 15 is 0 Å². The summed E-state index contributed by atoms with van der Waals surface area (Å²) in [6, 6.07) is 5.28. The predicted octanol–water partition coefficient (Wildman–Crippen LogP) is 0.942. The van der Waals surface area contributed by atoms with Crippen molar-refractivity contribution in [1.29, 1.82) is 5.26 Å². The number of nitrogens with zero attached hydrogens (tertiary/aromatic N) is 2. The first-order valence-corrected chi connectivity index (χ1v) is 7.15. The molecule has 1 fully saturated rings. The SMILES string of the molecule is N#Cc1cc(NCC2CCCS2(=O)=O)ccn1. The van der Waals surface area contributed by atoms with Crippen molar-refractivity contribution in [2.45, 2.75) is 18.1 Å². The van der Waals surface area contributed by atoms with E-state index in [4.69, 9.17) is 5.26 Å². The minimum absolute atomic E-state index is 0.291. The lowest BCUT2D eigenvalue weighted by Crippen LogP contribution is -2.25. The lowest BCUT2D eigenvalue weighted by Gasteiger charge is -2.11. The number of aromatic nitrogens is 1. The van der Waals surface area contributed by atoms with Gasteiger partial charge in [-0.25, -0.2) is 13.4 Å². The molecule has 2 rings (SSSR count). The van der Waals surface area contributed by atoms with Gasteiger partial charge in [0.1, 0.15) is 11.8 Å². The Hall–Kier alpha value is -1.61. The van der Waals surface area contributed by atoms with Gasteiger partial charge in [-0.05, 0) is 25.0 Å². The Kier molecular flexibility index (Phi) is 3.29. The molecule has 1 unspecified atom stereocenters. The van der Waals surface area contributed by atoms with Crippen LogP contribution in [0.2, 0.25) is 0 Å². The van der Waals surface area contributed by atoms with Gasteiger partial charge in [-0.3, -0.25) is 0 Å². The molecule has 1 N–H and O–H groups in total. The number of nitrogens with one attached hydrogen (secondary N) is 1. The van der Waals surface area contributed by atoms with Crippen LogP contribution < -0.4 is 5.32 Å². The molecule has 6 heteroatoms. The highest BCUT2D eigenvalue weighted by molar-refractivity contribution is 7.92. The highest BCUT2D eigenvalue weighted by Gasteiger charge is 2.30. The number of nitriles is 1. The molecule has 0 aromatic carbocycles. The molecule has 0 amide bonds. The lowest BCUT2D eigenvalue weighted by atomic mass is 10.2. The second-order valence-electron chi connectivity index (χ2n) is 4.05. The van der Waals surface area contributed by atoms with Crippen LogP contribution in [-0.2, 0) is 9.84 Å². The Labute approximate surface area is 100 Å². The molecule has 0 spiro atoms. The first-order valence-electron chi connectivity index (χ1n) is 5.43. The zero-order chi connectivity index (χ0) is 12.3. The van der Waals surface area contributed by atoms with E-state index in [1.807, 2.05) is 6.07 Å². The van der Waals surface area contributed by atoms with Crippen LogP contribution >= 0.6 is 0 Å². The Morgan fingerprint density at radius 3 is 3.06 bits per heavy atom. The summed E-state index contributed by atoms with van der Waals surface area (Å²) in [5, 5.41) is 11.4. The van der Waals surface area contributed by atoms with E-state index in [1.54, 1.807) is 12.1 Å². The van der Waals surface area contributed by atoms with E-state index in [0.717, 1.165) is 12.1 Å². The van der Waals surface area contributed by atoms with Crippen LogP contribution in [0.25, 0.3) is 0 Å². The van der Waals surface area contributed by atoms with Crippen molar-refractivity contribution in [3.05, 3.63) is 24.0 Å². The van der Waals surface area contributed by atoms with Crippen LogP contribution in [0.15, 0.2) is 18.3 Å². The zero-order valence-electron chi connectivity index (χ0n) is 9.26. The molecule has 1 aliphatic rings. The third-order valence-corrected chi connectivity index (χ3v) is 5.15. The van der Waals surface area contributed by atoms with E-state index in [1.165, 1.54) is 6.20 Å². The Bertz CT molecular complexity index is 548. The van der Waals surface area contributed by atoms with E-state index < -0.39 is 9.84 Å². The van der Waals surface area contributed by atoms with Crippen LogP contribution in [-0.4, -0.2) is 30.9 Å². The summed E-state index contributed by atoms with van der Waals surface area (Å²) in [5.41, 5.74) is 1.06. The van der Waals surface area contributed by atoms with Gasteiger partial charge in [-0.15, -0.1) is 0 Å². The molecule has 1 aromatic heterocycles. The summed E-state index contributed by atoms with van der Waals surface area (Å²) in [4.78, 5) is 3.85. The summed E-state index contributed by atoms with van der Waals surface area (Å²) >= 11 is 0. The minimum atomic E-state index is -2.92. The van der Waals surface area contributed by atoms with E-state index in [9.17, 15) is 8.42 Å². The van der Waals surface area contributed by atoms with Crippen LogP contribution in [0.1, 0.15) is 18.5 Å². The van der Waals surface area contributed by atoms with Crippen molar-refractivity contribution in [1.82, 2.24) is 4.98 Å². The third-order valence-electron chi connectivity index (χ3n) is 2.87. The van der Waals surface area contributed by atoms with Gasteiger partial charge in [0.05, 0.1) is 11.0 Å². The number of rotatable bonds is 3. The average molecular weight is 251 g/mol. The fourth-order valence-electron chi connectivity index (χ4n) is 1.92. The van der Waals surface area contributed by atoms with Crippen LogP contribution in [0.5, 0.6) is 0 Å². The van der Waals surface area contributed by atoms with Gasteiger partial charge in [0.25, 0.3) is 0 Å². The molecule has 2 heterocycles. The largest absolute Gasteiger partial charge is 0.384 e. The maximum atomic E-state index is 11.6. The monoisotopic (exact) mass is 251 g/mol. The fraction of sp³-hybridized carbons (Fsp3) is 0.455. The highest BCUT2D eigenvalue weighted by atomic mass is 32.2. The van der Waals surface area contributed by atoms with Crippen LogP contribution in [0.3, 0.4) is 0 Å². The van der Waals surface area contributed by atoms with Crippen molar-refractivity contribution in [3.8, 4) is 6.07 Å². The summed E-state index contributed by atoms with van der Waals surface area (Å²) < 4.78 is 23.2. The van der Waals surface area contributed by atoms with Crippen LogP contribution in [0.4, 0.5) is 5.69 Å². The Morgan fingerprint density at radius 2 is 2.41 bits per heavy atom. The highest BCUT2D eigenvalue weighted by Crippen LogP contribution is 2.20. The van der Waals surface area contributed by atoms with Gasteiger partial charge in [0, 0.05) is 18.4 Å². The molecule has 0 saturated carbocycles. The molecule has 1 aromatic rings. The molecule has 1 saturated heterocycles. The number of sulfone groups is 1. The second-order valence-corrected chi connectivity index (χ2v) is 6.45. The standard InChI is InChI=1S/C11H13N3O2S/c12-7-10-6-9(3-4-13-10)14-8-11-2-1-5-17(11,15)16/h3-4,6,11H,1-2,5,8H2,(H,13,14). The number of pyridine rings is 1. The normalized spacial score (nSPS) is 21.9. The van der Waals surface area contributed by atoms with Crippen molar-refractivity contribution < 1.29 is 8.42 Å². The number of hydrogen-bond acceptors (Lipinski definition) is 5. The molecule has 0 aliphatic carbocycles. The predicted molar refractivity (Wildman–Crippen MR) is 64.3 cm³/mol. The maximum absolute atomic E-state index is 11.6. The molecule has 90 valence electrons. The molecule has 1 atom stereocenters. The molecular formula is C11H13N3O2S. The van der Waals surface area contributed by atoms with Crippen LogP contribution in [0, 0.1) is 11.3 Å². The smallest absolute Gasteiger partial charge is 0.154 e. The molecule has 0 bridgehead atoms. The third kappa shape index (κ3) is 2.74. The van der Waals surface area contributed by atoms with Gasteiger partial charge in [-0.2, -0.15) is 5.26 Å². The van der Waals surface area contributed by atoms with Gasteiger partial charge in [0.2, 0.25) is 0 Å². The lowest BCUT2D eigenvalue weighted by molar-refractivity contribution is 0.591.